The Balaban J connectivity index is 1.83. The van der Waals surface area contributed by atoms with Crippen LogP contribution in [0, 0.1) is 6.92 Å². The van der Waals surface area contributed by atoms with Crippen molar-refractivity contribution in [1.82, 2.24) is 4.98 Å². The molecule has 30 heavy (non-hydrogen) atoms. The molecule has 0 unspecified atom stereocenters. The van der Waals surface area contributed by atoms with E-state index in [1.165, 1.54) is 18.2 Å². The van der Waals surface area contributed by atoms with E-state index >= 15 is 0 Å². The number of benzene rings is 2. The Kier molecular flexibility index (Phi) is 6.59. The fraction of sp³-hybridized carbons (Fsp3) is 0.143. The number of hydrogen-bond donors (Lipinski definition) is 2. The van der Waals surface area contributed by atoms with Crippen molar-refractivity contribution in [2.75, 3.05) is 16.6 Å². The summed E-state index contributed by atoms with van der Waals surface area (Å²) < 4.78 is 33.4. The average Bonchev–Trinajstić information content (AvgIpc) is 2.69. The second-order valence-corrected chi connectivity index (χ2v) is 8.41. The summed E-state index contributed by atoms with van der Waals surface area (Å²) in [5.41, 5.74) is 1.12. The van der Waals surface area contributed by atoms with Gasteiger partial charge in [-0.1, -0.05) is 17.7 Å². The lowest BCUT2D eigenvalue weighted by molar-refractivity contribution is 0.102. The number of pyridine rings is 1. The normalized spacial score (nSPS) is 11.0. The van der Waals surface area contributed by atoms with Gasteiger partial charge in [0, 0.05) is 11.4 Å². The minimum atomic E-state index is -3.94. The van der Waals surface area contributed by atoms with Crippen LogP contribution in [-0.4, -0.2) is 25.9 Å². The highest BCUT2D eigenvalue weighted by Crippen LogP contribution is 2.24. The number of rotatable bonds is 7. The van der Waals surface area contributed by atoms with Gasteiger partial charge in [0.25, 0.3) is 15.9 Å². The van der Waals surface area contributed by atoms with Crippen molar-refractivity contribution in [2.24, 2.45) is 0 Å². The van der Waals surface area contributed by atoms with Crippen LogP contribution in [0.1, 0.15) is 23.0 Å². The summed E-state index contributed by atoms with van der Waals surface area (Å²) in [6, 6.07) is 15.6. The Labute approximate surface area is 180 Å². The molecule has 2 N–H and O–H groups in total. The SMILES string of the molecule is CCOc1ccc(NS(=O)(=O)c2ccc(Cl)c(C(=O)Nc3cccc(C)n3)c2)cc1. The molecular weight excluding hydrogens is 426 g/mol. The smallest absolute Gasteiger partial charge is 0.261 e. The molecule has 0 saturated heterocycles. The van der Waals surface area contributed by atoms with Crippen LogP contribution >= 0.6 is 11.6 Å². The number of sulfonamides is 1. The van der Waals surface area contributed by atoms with Crippen molar-refractivity contribution >= 4 is 39.0 Å². The van der Waals surface area contributed by atoms with Crippen molar-refractivity contribution in [3.8, 4) is 5.75 Å². The number of aromatic nitrogens is 1. The van der Waals surface area contributed by atoms with E-state index in [1.807, 2.05) is 6.92 Å². The van der Waals surface area contributed by atoms with Crippen LogP contribution in [0.2, 0.25) is 5.02 Å². The number of aryl methyl sites for hydroxylation is 1. The first kappa shape index (κ1) is 21.6. The van der Waals surface area contributed by atoms with E-state index in [4.69, 9.17) is 16.3 Å². The fourth-order valence-electron chi connectivity index (χ4n) is 2.64. The molecule has 0 saturated carbocycles. The van der Waals surface area contributed by atoms with E-state index in [9.17, 15) is 13.2 Å². The average molecular weight is 446 g/mol. The van der Waals surface area contributed by atoms with E-state index in [1.54, 1.807) is 49.4 Å². The molecule has 0 atom stereocenters. The first-order chi connectivity index (χ1) is 14.3. The Morgan fingerprint density at radius 1 is 1.10 bits per heavy atom. The van der Waals surface area contributed by atoms with Crippen LogP contribution in [0.15, 0.2) is 65.6 Å². The van der Waals surface area contributed by atoms with Crippen molar-refractivity contribution < 1.29 is 17.9 Å². The summed E-state index contributed by atoms with van der Waals surface area (Å²) in [6.07, 6.45) is 0. The Hall–Kier alpha value is -3.10. The van der Waals surface area contributed by atoms with Crippen molar-refractivity contribution in [2.45, 2.75) is 18.7 Å². The van der Waals surface area contributed by atoms with Crippen LogP contribution in [-0.2, 0) is 10.0 Å². The highest BCUT2D eigenvalue weighted by Gasteiger charge is 2.19. The number of carbonyl (C=O) groups excluding carboxylic acids is 1. The standard InChI is InChI=1S/C21H20ClN3O4S/c1-3-29-16-9-7-15(8-10-16)25-30(27,28)17-11-12-19(22)18(13-17)21(26)24-20-6-4-5-14(2)23-20/h4-13,25H,3H2,1-2H3,(H,23,24,26). The molecule has 0 aliphatic rings. The first-order valence-electron chi connectivity index (χ1n) is 9.09. The maximum atomic E-state index is 12.8. The van der Waals surface area contributed by atoms with Crippen molar-refractivity contribution in [3.05, 3.63) is 76.9 Å². The molecule has 9 heteroatoms. The Morgan fingerprint density at radius 2 is 1.83 bits per heavy atom. The topological polar surface area (TPSA) is 97.4 Å². The van der Waals surface area contributed by atoms with Crippen LogP contribution in [0.4, 0.5) is 11.5 Å². The van der Waals surface area contributed by atoms with Gasteiger partial charge in [0.05, 0.1) is 22.1 Å². The number of carbonyl (C=O) groups is 1. The van der Waals surface area contributed by atoms with E-state index < -0.39 is 15.9 Å². The predicted molar refractivity (Wildman–Crippen MR) is 117 cm³/mol. The number of halogens is 1. The molecule has 1 amide bonds. The minimum absolute atomic E-state index is 0.0227. The van der Waals surface area contributed by atoms with E-state index in [0.29, 0.717) is 23.9 Å². The van der Waals surface area contributed by atoms with Gasteiger partial charge < -0.3 is 10.1 Å². The molecule has 0 aliphatic carbocycles. The van der Waals surface area contributed by atoms with Gasteiger partial charge in [-0.3, -0.25) is 9.52 Å². The third-order valence-electron chi connectivity index (χ3n) is 4.04. The van der Waals surface area contributed by atoms with E-state index in [2.05, 4.69) is 15.0 Å². The number of nitrogens with zero attached hydrogens (tertiary/aromatic N) is 1. The summed E-state index contributed by atoms with van der Waals surface area (Å²) in [7, 11) is -3.94. The van der Waals surface area contributed by atoms with Gasteiger partial charge in [0.15, 0.2) is 0 Å². The number of nitrogens with one attached hydrogen (secondary N) is 2. The van der Waals surface area contributed by atoms with Gasteiger partial charge in [0.2, 0.25) is 0 Å². The largest absolute Gasteiger partial charge is 0.494 e. The minimum Gasteiger partial charge on any atom is -0.494 e. The summed E-state index contributed by atoms with van der Waals surface area (Å²) in [4.78, 5) is 16.7. The zero-order chi connectivity index (χ0) is 21.7. The van der Waals surface area contributed by atoms with Gasteiger partial charge in [0.1, 0.15) is 11.6 Å². The highest BCUT2D eigenvalue weighted by molar-refractivity contribution is 7.92. The molecule has 7 nitrogen and oxygen atoms in total. The Bertz CT molecular complexity index is 1170. The third kappa shape index (κ3) is 5.28. The van der Waals surface area contributed by atoms with Gasteiger partial charge in [-0.15, -0.1) is 0 Å². The van der Waals surface area contributed by atoms with Crippen LogP contribution in [0.3, 0.4) is 0 Å². The quantitative estimate of drug-likeness (QED) is 0.558. The third-order valence-corrected chi connectivity index (χ3v) is 5.75. The van der Waals surface area contributed by atoms with Gasteiger partial charge in [-0.25, -0.2) is 13.4 Å². The molecule has 0 fully saturated rings. The summed E-state index contributed by atoms with van der Waals surface area (Å²) in [5.74, 6) is 0.420. The number of hydrogen-bond acceptors (Lipinski definition) is 5. The number of amides is 1. The van der Waals surface area contributed by atoms with Crippen LogP contribution in [0.25, 0.3) is 0 Å². The van der Waals surface area contributed by atoms with Crippen LogP contribution < -0.4 is 14.8 Å². The number of ether oxygens (including phenoxy) is 1. The van der Waals surface area contributed by atoms with Gasteiger partial charge in [-0.05, 0) is 68.4 Å². The van der Waals surface area contributed by atoms with Gasteiger partial charge in [-0.2, -0.15) is 0 Å². The predicted octanol–water partition coefficient (Wildman–Crippen LogP) is 4.50. The van der Waals surface area contributed by atoms with E-state index in [-0.39, 0.29) is 15.5 Å². The second kappa shape index (κ2) is 9.15. The van der Waals surface area contributed by atoms with E-state index in [0.717, 1.165) is 5.69 Å². The second-order valence-electron chi connectivity index (χ2n) is 6.32. The molecule has 0 aliphatic heterocycles. The molecule has 3 rings (SSSR count). The molecule has 0 spiro atoms. The zero-order valence-electron chi connectivity index (χ0n) is 16.3. The summed E-state index contributed by atoms with van der Waals surface area (Å²) >= 11 is 6.14. The molecule has 2 aromatic carbocycles. The molecule has 3 aromatic rings. The van der Waals surface area contributed by atoms with Crippen molar-refractivity contribution in [3.63, 3.8) is 0 Å². The van der Waals surface area contributed by atoms with Crippen molar-refractivity contribution in [1.29, 1.82) is 0 Å². The lowest BCUT2D eigenvalue weighted by atomic mass is 10.2. The molecule has 1 aromatic heterocycles. The molecule has 0 radical (unpaired) electrons. The molecular formula is C21H20ClN3O4S. The van der Waals surface area contributed by atoms with Crippen LogP contribution in [0.5, 0.6) is 5.75 Å². The zero-order valence-corrected chi connectivity index (χ0v) is 17.9. The highest BCUT2D eigenvalue weighted by atomic mass is 35.5. The molecule has 0 bridgehead atoms. The summed E-state index contributed by atoms with van der Waals surface area (Å²) in [5, 5.41) is 2.75. The Morgan fingerprint density at radius 3 is 2.50 bits per heavy atom. The maximum absolute atomic E-state index is 12.8. The lowest BCUT2D eigenvalue weighted by Crippen LogP contribution is -2.17. The monoisotopic (exact) mass is 445 g/mol. The first-order valence-corrected chi connectivity index (χ1v) is 10.9. The maximum Gasteiger partial charge on any atom is 0.261 e. The summed E-state index contributed by atoms with van der Waals surface area (Å²) in [6.45, 7) is 4.17. The number of anilines is 2. The lowest BCUT2D eigenvalue weighted by Gasteiger charge is -2.11. The molecule has 156 valence electrons. The van der Waals surface area contributed by atoms with Gasteiger partial charge >= 0.3 is 0 Å². The molecule has 1 heterocycles. The fourth-order valence-corrected chi connectivity index (χ4v) is 3.93.